The van der Waals surface area contributed by atoms with Gasteiger partial charge in [-0.1, -0.05) is 31.4 Å². The zero-order valence-electron chi connectivity index (χ0n) is 10.1. The number of hydrogen-bond acceptors (Lipinski definition) is 3. The van der Waals surface area contributed by atoms with Gasteiger partial charge in [0, 0.05) is 12.1 Å². The molecule has 1 aromatic rings. The number of rotatable bonds is 5. The summed E-state index contributed by atoms with van der Waals surface area (Å²) in [6.07, 6.45) is 5.09. The lowest BCUT2D eigenvalue weighted by Gasteiger charge is -2.25. The van der Waals surface area contributed by atoms with E-state index in [-0.39, 0.29) is 10.6 Å². The highest BCUT2D eigenvalue weighted by Gasteiger charge is 2.19. The minimum Gasteiger partial charge on any atom is -0.379 e. The summed E-state index contributed by atoms with van der Waals surface area (Å²) in [5.74, 6) is 0.825. The van der Waals surface area contributed by atoms with Gasteiger partial charge in [-0.3, -0.25) is 10.1 Å². The van der Waals surface area contributed by atoms with Gasteiger partial charge in [0.05, 0.1) is 4.92 Å². The molecule has 0 saturated heterocycles. The van der Waals surface area contributed by atoms with Crippen molar-refractivity contribution in [2.75, 3.05) is 11.9 Å². The van der Waals surface area contributed by atoms with Crippen LogP contribution in [0.1, 0.15) is 31.2 Å². The number of para-hydroxylation sites is 1. The van der Waals surface area contributed by atoms with Crippen molar-refractivity contribution in [1.29, 1.82) is 0 Å². The highest BCUT2D eigenvalue weighted by Crippen LogP contribution is 2.31. The predicted molar refractivity (Wildman–Crippen MR) is 68.3 cm³/mol. The monoisotopic (exact) mass is 234 g/mol. The first-order valence-corrected chi connectivity index (χ1v) is 6.16. The first kappa shape index (κ1) is 11.9. The number of hydrogen-bond donors (Lipinski definition) is 1. The average molecular weight is 234 g/mol. The molecule has 0 atom stereocenters. The van der Waals surface area contributed by atoms with Crippen LogP contribution in [0.15, 0.2) is 18.2 Å². The number of nitro groups is 1. The van der Waals surface area contributed by atoms with Crippen LogP contribution in [0.3, 0.4) is 0 Å². The number of nitro benzene ring substituents is 1. The molecule has 0 radical (unpaired) electrons. The third-order valence-corrected chi connectivity index (χ3v) is 3.51. The first-order chi connectivity index (χ1) is 8.18. The van der Waals surface area contributed by atoms with Crippen molar-refractivity contribution in [3.05, 3.63) is 33.9 Å². The predicted octanol–water partition coefficient (Wildman–Crippen LogP) is 3.51. The molecule has 92 valence electrons. The molecule has 0 bridgehead atoms. The summed E-state index contributed by atoms with van der Waals surface area (Å²) < 4.78 is 0. The normalized spacial score (nSPS) is 15.4. The number of nitrogens with one attached hydrogen (secondary N) is 1. The molecule has 4 nitrogen and oxygen atoms in total. The van der Waals surface area contributed by atoms with E-state index in [4.69, 9.17) is 0 Å². The van der Waals surface area contributed by atoms with Crippen molar-refractivity contribution in [2.24, 2.45) is 5.92 Å². The van der Waals surface area contributed by atoms with E-state index < -0.39 is 0 Å². The molecule has 0 unspecified atom stereocenters. The van der Waals surface area contributed by atoms with Crippen LogP contribution in [-0.4, -0.2) is 11.5 Å². The molecule has 1 fully saturated rings. The van der Waals surface area contributed by atoms with Crippen LogP contribution in [-0.2, 0) is 0 Å². The van der Waals surface area contributed by atoms with Gasteiger partial charge in [0.1, 0.15) is 5.69 Å². The summed E-state index contributed by atoms with van der Waals surface area (Å²) in [5.41, 5.74) is 1.57. The van der Waals surface area contributed by atoms with Crippen LogP contribution in [0.5, 0.6) is 0 Å². The Bertz CT molecular complexity index is 414. The van der Waals surface area contributed by atoms with Gasteiger partial charge in [0.15, 0.2) is 0 Å². The smallest absolute Gasteiger partial charge is 0.295 e. The number of aryl methyl sites for hydroxylation is 1. The summed E-state index contributed by atoms with van der Waals surface area (Å²) in [7, 11) is 0. The van der Waals surface area contributed by atoms with Crippen LogP contribution in [0.2, 0.25) is 0 Å². The quantitative estimate of drug-likeness (QED) is 0.626. The Morgan fingerprint density at radius 2 is 2.24 bits per heavy atom. The van der Waals surface area contributed by atoms with Crippen molar-refractivity contribution < 1.29 is 4.92 Å². The van der Waals surface area contributed by atoms with Crippen molar-refractivity contribution in [3.8, 4) is 0 Å². The van der Waals surface area contributed by atoms with E-state index in [1.54, 1.807) is 19.1 Å². The second-order valence-corrected chi connectivity index (χ2v) is 4.74. The molecule has 4 heteroatoms. The minimum absolute atomic E-state index is 0.209. The Morgan fingerprint density at radius 3 is 2.82 bits per heavy atom. The fraction of sp³-hybridized carbons (Fsp3) is 0.538. The Labute approximate surface area is 101 Å². The van der Waals surface area contributed by atoms with Crippen LogP contribution in [0.4, 0.5) is 11.4 Å². The van der Waals surface area contributed by atoms with Gasteiger partial charge in [-0.05, 0) is 25.3 Å². The van der Waals surface area contributed by atoms with E-state index in [9.17, 15) is 10.1 Å². The molecule has 1 saturated carbocycles. The van der Waals surface area contributed by atoms with Crippen LogP contribution < -0.4 is 5.32 Å². The van der Waals surface area contributed by atoms with E-state index in [1.165, 1.54) is 19.3 Å². The van der Waals surface area contributed by atoms with E-state index in [1.807, 2.05) is 6.07 Å². The Kier molecular flexibility index (Phi) is 3.61. The van der Waals surface area contributed by atoms with E-state index >= 15 is 0 Å². The van der Waals surface area contributed by atoms with Crippen molar-refractivity contribution in [2.45, 2.75) is 32.6 Å². The lowest BCUT2D eigenvalue weighted by molar-refractivity contribution is -0.384. The summed E-state index contributed by atoms with van der Waals surface area (Å²) in [6.45, 7) is 2.60. The summed E-state index contributed by atoms with van der Waals surface area (Å²) in [4.78, 5) is 10.7. The van der Waals surface area contributed by atoms with Crippen LogP contribution in [0.25, 0.3) is 0 Å². The second-order valence-electron chi connectivity index (χ2n) is 4.74. The largest absolute Gasteiger partial charge is 0.379 e. The molecule has 1 aliphatic rings. The molecule has 1 N–H and O–H groups in total. The zero-order valence-corrected chi connectivity index (χ0v) is 10.1. The molecule has 0 heterocycles. The summed E-state index contributed by atoms with van der Waals surface area (Å²) in [6, 6.07) is 5.41. The molecule has 0 aliphatic heterocycles. The van der Waals surface area contributed by atoms with Gasteiger partial charge in [0.25, 0.3) is 5.69 Å². The fourth-order valence-corrected chi connectivity index (χ4v) is 2.24. The SMILES string of the molecule is Cc1cccc(NCCC2CCC2)c1[N+](=O)[O-]. The van der Waals surface area contributed by atoms with Crippen molar-refractivity contribution in [1.82, 2.24) is 0 Å². The van der Waals surface area contributed by atoms with E-state index in [2.05, 4.69) is 5.32 Å². The van der Waals surface area contributed by atoms with Gasteiger partial charge in [-0.2, -0.15) is 0 Å². The highest BCUT2D eigenvalue weighted by atomic mass is 16.6. The lowest BCUT2D eigenvalue weighted by Crippen LogP contribution is -2.16. The molecule has 17 heavy (non-hydrogen) atoms. The summed E-state index contributed by atoms with van der Waals surface area (Å²) in [5, 5.41) is 14.2. The zero-order chi connectivity index (χ0) is 12.3. The maximum atomic E-state index is 11.0. The van der Waals surface area contributed by atoms with Gasteiger partial charge < -0.3 is 5.32 Å². The molecular formula is C13H18N2O2. The van der Waals surface area contributed by atoms with Crippen molar-refractivity contribution in [3.63, 3.8) is 0 Å². The number of anilines is 1. The first-order valence-electron chi connectivity index (χ1n) is 6.16. The van der Waals surface area contributed by atoms with Crippen LogP contribution in [0, 0.1) is 23.0 Å². The van der Waals surface area contributed by atoms with E-state index in [0.717, 1.165) is 18.9 Å². The molecule has 0 aromatic heterocycles. The summed E-state index contributed by atoms with van der Waals surface area (Å²) >= 11 is 0. The van der Waals surface area contributed by atoms with Crippen LogP contribution >= 0.6 is 0 Å². The average Bonchev–Trinajstić information content (AvgIpc) is 2.21. The number of benzene rings is 1. The van der Waals surface area contributed by atoms with E-state index in [0.29, 0.717) is 11.3 Å². The fourth-order valence-electron chi connectivity index (χ4n) is 2.24. The molecule has 0 amide bonds. The van der Waals surface area contributed by atoms with Gasteiger partial charge >= 0.3 is 0 Å². The molecule has 2 rings (SSSR count). The Morgan fingerprint density at radius 1 is 1.47 bits per heavy atom. The molecule has 0 spiro atoms. The lowest BCUT2D eigenvalue weighted by atomic mass is 9.83. The maximum Gasteiger partial charge on any atom is 0.295 e. The maximum absolute atomic E-state index is 11.0. The van der Waals surface area contributed by atoms with Gasteiger partial charge in [-0.15, -0.1) is 0 Å². The minimum atomic E-state index is -0.305. The second kappa shape index (κ2) is 5.17. The van der Waals surface area contributed by atoms with Gasteiger partial charge in [0.2, 0.25) is 0 Å². The van der Waals surface area contributed by atoms with Gasteiger partial charge in [-0.25, -0.2) is 0 Å². The highest BCUT2D eigenvalue weighted by molar-refractivity contribution is 5.64. The number of nitrogens with zero attached hydrogens (tertiary/aromatic N) is 1. The third-order valence-electron chi connectivity index (χ3n) is 3.51. The molecular weight excluding hydrogens is 216 g/mol. The Balaban J connectivity index is 1.98. The topological polar surface area (TPSA) is 55.2 Å². The van der Waals surface area contributed by atoms with Crippen molar-refractivity contribution >= 4 is 11.4 Å². The standard InChI is InChI=1S/C13H18N2O2/c1-10-4-2-7-12(13(10)15(16)17)14-9-8-11-5-3-6-11/h2,4,7,11,14H,3,5-6,8-9H2,1H3. The molecule has 1 aliphatic carbocycles. The molecule has 1 aromatic carbocycles. The Hall–Kier alpha value is -1.58. The third kappa shape index (κ3) is 2.75.